The minimum atomic E-state index is -1.50. The summed E-state index contributed by atoms with van der Waals surface area (Å²) in [5.74, 6) is -0.803. The second-order valence-corrected chi connectivity index (χ2v) is 7.37. The largest absolute Gasteiger partial charge is 0.477 e. The molecule has 0 saturated carbocycles. The van der Waals surface area contributed by atoms with Crippen molar-refractivity contribution in [3.8, 4) is 11.5 Å². The zero-order chi connectivity index (χ0) is 19.4. The average Bonchev–Trinajstić information content (AvgIpc) is 3.01. The van der Waals surface area contributed by atoms with Crippen LogP contribution >= 0.6 is 0 Å². The third-order valence-corrected chi connectivity index (χ3v) is 5.04. The van der Waals surface area contributed by atoms with Gasteiger partial charge in [0.05, 0.1) is 18.9 Å². The van der Waals surface area contributed by atoms with Crippen molar-refractivity contribution in [3.63, 3.8) is 0 Å². The maximum absolute atomic E-state index is 11.1. The number of aromatic nitrogens is 1. The van der Waals surface area contributed by atoms with Crippen LogP contribution in [0.1, 0.15) is 43.2 Å². The first-order valence-corrected chi connectivity index (χ1v) is 9.42. The summed E-state index contributed by atoms with van der Waals surface area (Å²) in [6, 6.07) is 8.16. The molecule has 0 aliphatic carbocycles. The van der Waals surface area contributed by atoms with Gasteiger partial charge in [0.1, 0.15) is 5.76 Å². The lowest BCUT2D eigenvalue weighted by atomic mass is 10.0. The number of nitrogens with zero attached hydrogens (tertiary/aromatic N) is 1. The van der Waals surface area contributed by atoms with E-state index < -0.39 is 11.8 Å². The monoisotopic (exact) mass is 373 g/mol. The number of unbranched alkanes of at least 4 members (excludes halogenated alkanes) is 1. The van der Waals surface area contributed by atoms with Gasteiger partial charge in [0.2, 0.25) is 5.89 Å². The van der Waals surface area contributed by atoms with E-state index in [1.807, 2.05) is 19.1 Å². The highest BCUT2D eigenvalue weighted by molar-refractivity contribution is 5.75. The molecule has 146 valence electrons. The van der Waals surface area contributed by atoms with Crippen LogP contribution in [0.3, 0.4) is 0 Å². The lowest BCUT2D eigenvalue weighted by molar-refractivity contribution is -0.271. The number of hydrogen-bond acceptors (Lipinski definition) is 5. The Kier molecular flexibility index (Phi) is 5.97. The van der Waals surface area contributed by atoms with Gasteiger partial charge in [-0.15, -0.1) is 0 Å². The van der Waals surface area contributed by atoms with Gasteiger partial charge in [-0.1, -0.05) is 24.1 Å². The van der Waals surface area contributed by atoms with Crippen LogP contribution in [-0.4, -0.2) is 35.1 Å². The summed E-state index contributed by atoms with van der Waals surface area (Å²) < 4.78 is 16.6. The van der Waals surface area contributed by atoms with Crippen LogP contribution < -0.4 is 0 Å². The van der Waals surface area contributed by atoms with E-state index >= 15 is 0 Å². The van der Waals surface area contributed by atoms with E-state index in [0.29, 0.717) is 19.1 Å². The van der Waals surface area contributed by atoms with E-state index in [1.165, 1.54) is 12.5 Å². The van der Waals surface area contributed by atoms with Crippen molar-refractivity contribution >= 4 is 5.97 Å². The Bertz CT molecular complexity index is 772. The first-order valence-electron chi connectivity index (χ1n) is 9.42. The molecule has 1 fully saturated rings. The molecule has 0 spiro atoms. The van der Waals surface area contributed by atoms with E-state index in [0.717, 1.165) is 42.7 Å². The molecule has 2 heterocycles. The molecule has 1 aromatic carbocycles. The van der Waals surface area contributed by atoms with Crippen molar-refractivity contribution < 1.29 is 23.8 Å². The Morgan fingerprint density at radius 2 is 1.85 bits per heavy atom. The van der Waals surface area contributed by atoms with Crippen molar-refractivity contribution in [2.24, 2.45) is 5.92 Å². The highest BCUT2D eigenvalue weighted by atomic mass is 16.7. The summed E-state index contributed by atoms with van der Waals surface area (Å²) in [5, 5.41) is 9.08. The van der Waals surface area contributed by atoms with Crippen molar-refractivity contribution in [1.82, 2.24) is 4.98 Å². The number of carboxylic acids is 1. The van der Waals surface area contributed by atoms with Gasteiger partial charge in [-0.2, -0.15) is 0 Å². The van der Waals surface area contributed by atoms with Gasteiger partial charge in [-0.3, -0.25) is 0 Å². The van der Waals surface area contributed by atoms with Crippen LogP contribution in [0.25, 0.3) is 11.5 Å². The Morgan fingerprint density at radius 1 is 1.19 bits per heavy atom. The maximum Gasteiger partial charge on any atom is 0.364 e. The van der Waals surface area contributed by atoms with Crippen LogP contribution in [0, 0.1) is 19.8 Å². The number of aliphatic carboxylic acids is 1. The smallest absolute Gasteiger partial charge is 0.364 e. The number of oxazole rings is 1. The highest BCUT2D eigenvalue weighted by Crippen LogP contribution is 2.26. The molecule has 6 nitrogen and oxygen atoms in total. The van der Waals surface area contributed by atoms with Gasteiger partial charge in [0.25, 0.3) is 5.79 Å². The Labute approximate surface area is 159 Å². The molecular weight excluding hydrogens is 346 g/mol. The molecule has 0 radical (unpaired) electrons. The van der Waals surface area contributed by atoms with Crippen LogP contribution in [0.15, 0.2) is 28.7 Å². The third kappa shape index (κ3) is 4.76. The predicted molar refractivity (Wildman–Crippen MR) is 100 cm³/mol. The zero-order valence-electron chi connectivity index (χ0n) is 16.2. The number of carbonyl (C=O) groups is 1. The van der Waals surface area contributed by atoms with Crippen molar-refractivity contribution in [2.75, 3.05) is 13.2 Å². The summed E-state index contributed by atoms with van der Waals surface area (Å²) in [7, 11) is 0. The third-order valence-electron chi connectivity index (χ3n) is 5.04. The number of carboxylic acid groups (broad SMARTS) is 1. The lowest BCUT2D eigenvalue weighted by Gasteiger charge is -2.34. The van der Waals surface area contributed by atoms with E-state index in [1.54, 1.807) is 0 Å². The van der Waals surface area contributed by atoms with Gasteiger partial charge in [0.15, 0.2) is 0 Å². The van der Waals surface area contributed by atoms with Gasteiger partial charge >= 0.3 is 5.97 Å². The minimum absolute atomic E-state index is 0.235. The fraction of sp³-hybridized carbons (Fsp3) is 0.524. The second-order valence-electron chi connectivity index (χ2n) is 7.37. The highest BCUT2D eigenvalue weighted by Gasteiger charge is 2.40. The molecule has 1 N–H and O–H groups in total. The zero-order valence-corrected chi connectivity index (χ0v) is 16.2. The van der Waals surface area contributed by atoms with Crippen LogP contribution in [0.4, 0.5) is 0 Å². The van der Waals surface area contributed by atoms with Gasteiger partial charge in [-0.05, 0) is 45.2 Å². The summed E-state index contributed by atoms with van der Waals surface area (Å²) >= 11 is 0. The summed E-state index contributed by atoms with van der Waals surface area (Å²) in [6.45, 7) is 6.30. The lowest BCUT2D eigenvalue weighted by Crippen LogP contribution is -2.47. The van der Waals surface area contributed by atoms with Crippen molar-refractivity contribution in [1.29, 1.82) is 0 Å². The molecule has 0 atom stereocenters. The molecule has 1 aromatic heterocycles. The molecule has 2 aromatic rings. The van der Waals surface area contributed by atoms with E-state index in [9.17, 15) is 4.79 Å². The van der Waals surface area contributed by atoms with Crippen LogP contribution in [0.2, 0.25) is 0 Å². The van der Waals surface area contributed by atoms with E-state index in [4.69, 9.17) is 19.0 Å². The van der Waals surface area contributed by atoms with Gasteiger partial charge < -0.3 is 19.0 Å². The second kappa shape index (κ2) is 8.23. The quantitative estimate of drug-likeness (QED) is 0.735. The topological polar surface area (TPSA) is 81.8 Å². The molecule has 1 saturated heterocycles. The molecule has 6 heteroatoms. The summed E-state index contributed by atoms with van der Waals surface area (Å²) in [5.41, 5.74) is 3.20. The Balaban J connectivity index is 1.45. The standard InChI is InChI=1S/C21H27NO5/c1-14-8-10-17(11-9-14)19-22-18(15(2)27-19)7-5-4-6-16-12-25-21(3,20(23)24)26-13-16/h8-11,16H,4-7,12-13H2,1-3H3,(H,23,24)/t16-,21+. The molecule has 27 heavy (non-hydrogen) atoms. The average molecular weight is 373 g/mol. The van der Waals surface area contributed by atoms with E-state index in [-0.39, 0.29) is 5.92 Å². The van der Waals surface area contributed by atoms with Gasteiger partial charge in [0, 0.05) is 18.4 Å². The Hall–Kier alpha value is -2.18. The van der Waals surface area contributed by atoms with Crippen LogP contribution in [-0.2, 0) is 20.7 Å². The van der Waals surface area contributed by atoms with Crippen molar-refractivity contribution in [3.05, 3.63) is 41.3 Å². The molecule has 0 bridgehead atoms. The number of hydrogen-bond donors (Lipinski definition) is 1. The maximum atomic E-state index is 11.1. The van der Waals surface area contributed by atoms with E-state index in [2.05, 4.69) is 24.0 Å². The molecule has 0 unspecified atom stereocenters. The van der Waals surface area contributed by atoms with Gasteiger partial charge in [-0.25, -0.2) is 9.78 Å². The number of rotatable bonds is 7. The number of ether oxygens (including phenoxy) is 2. The molecule has 0 amide bonds. The fourth-order valence-electron chi connectivity index (χ4n) is 3.14. The SMILES string of the molecule is Cc1ccc(-c2nc(CCCC[C@H]3CO[C@@](C)(C(=O)O)OC3)c(C)o2)cc1. The molecule has 1 aliphatic heterocycles. The molecule has 1 aliphatic rings. The summed E-state index contributed by atoms with van der Waals surface area (Å²) in [6.07, 6.45) is 3.81. The van der Waals surface area contributed by atoms with Crippen LogP contribution in [0.5, 0.6) is 0 Å². The number of aryl methyl sites for hydroxylation is 3. The number of benzene rings is 1. The molecule has 3 rings (SSSR count). The van der Waals surface area contributed by atoms with Crippen molar-refractivity contribution in [2.45, 2.75) is 52.2 Å². The minimum Gasteiger partial charge on any atom is -0.477 e. The normalized spacial score (nSPS) is 22.7. The fourth-order valence-corrected chi connectivity index (χ4v) is 3.14. The first-order chi connectivity index (χ1) is 12.9. The first kappa shape index (κ1) is 19.6. The summed E-state index contributed by atoms with van der Waals surface area (Å²) in [4.78, 5) is 15.7. The molecular formula is C21H27NO5. The predicted octanol–water partition coefficient (Wildman–Crippen LogP) is 4.14. The Morgan fingerprint density at radius 3 is 2.48 bits per heavy atom.